The average molecular weight is 224 g/mol. The van der Waals surface area contributed by atoms with Gasteiger partial charge in [0.05, 0.1) is 11.8 Å². The topological polar surface area (TPSA) is 58.3 Å². The zero-order valence-corrected chi connectivity index (χ0v) is 9.99. The Labute approximate surface area is 96.0 Å². The van der Waals surface area contributed by atoms with Crippen LogP contribution in [0.5, 0.6) is 0 Å². The number of nitrogens with zero attached hydrogens (tertiary/aromatic N) is 1. The number of aromatic nitrogens is 1. The first-order valence-corrected chi connectivity index (χ1v) is 6.00. The Morgan fingerprint density at radius 2 is 2.25 bits per heavy atom. The Bertz CT molecular complexity index is 329. The fraction of sp³-hybridized carbons (Fsp3) is 0.750. The van der Waals surface area contributed by atoms with Crippen molar-refractivity contribution in [2.24, 2.45) is 0 Å². The van der Waals surface area contributed by atoms with Crippen LogP contribution in [-0.4, -0.2) is 22.4 Å². The van der Waals surface area contributed by atoms with Crippen LogP contribution in [0.2, 0.25) is 0 Å². The van der Waals surface area contributed by atoms with E-state index in [1.165, 1.54) is 0 Å². The van der Waals surface area contributed by atoms with Crippen LogP contribution < -0.4 is 5.32 Å². The summed E-state index contributed by atoms with van der Waals surface area (Å²) in [6.07, 6.45) is 3.95. The molecule has 1 fully saturated rings. The van der Waals surface area contributed by atoms with Crippen LogP contribution in [0.1, 0.15) is 42.7 Å². The van der Waals surface area contributed by atoms with Crippen molar-refractivity contribution in [1.82, 2.24) is 10.5 Å². The summed E-state index contributed by atoms with van der Waals surface area (Å²) in [5, 5.41) is 17.0. The summed E-state index contributed by atoms with van der Waals surface area (Å²) in [5.74, 6) is 0.890. The van der Waals surface area contributed by atoms with Crippen molar-refractivity contribution in [3.05, 3.63) is 17.0 Å². The van der Waals surface area contributed by atoms with Gasteiger partial charge in [0.15, 0.2) is 0 Å². The Hall–Kier alpha value is -0.870. The minimum absolute atomic E-state index is 0.129. The van der Waals surface area contributed by atoms with E-state index in [4.69, 9.17) is 4.52 Å². The first-order valence-electron chi connectivity index (χ1n) is 6.00. The maximum atomic E-state index is 9.58. The molecule has 1 saturated carbocycles. The van der Waals surface area contributed by atoms with E-state index in [1.807, 2.05) is 13.8 Å². The van der Waals surface area contributed by atoms with Gasteiger partial charge in [-0.2, -0.15) is 0 Å². The minimum atomic E-state index is -0.129. The summed E-state index contributed by atoms with van der Waals surface area (Å²) >= 11 is 0. The largest absolute Gasteiger partial charge is 0.393 e. The molecule has 1 aliphatic carbocycles. The molecule has 2 N–H and O–H groups in total. The number of hydrogen-bond donors (Lipinski definition) is 2. The predicted molar refractivity (Wildman–Crippen MR) is 61.1 cm³/mol. The molecule has 1 aromatic rings. The van der Waals surface area contributed by atoms with Gasteiger partial charge in [-0.15, -0.1) is 0 Å². The smallest absolute Gasteiger partial charge is 0.138 e. The van der Waals surface area contributed by atoms with Crippen molar-refractivity contribution in [3.8, 4) is 0 Å². The zero-order valence-electron chi connectivity index (χ0n) is 9.99. The fourth-order valence-electron chi connectivity index (χ4n) is 2.35. The monoisotopic (exact) mass is 224 g/mol. The van der Waals surface area contributed by atoms with Crippen LogP contribution in [0.4, 0.5) is 0 Å². The van der Waals surface area contributed by atoms with Gasteiger partial charge in [0, 0.05) is 18.2 Å². The van der Waals surface area contributed by atoms with Crippen LogP contribution in [0.3, 0.4) is 0 Å². The van der Waals surface area contributed by atoms with E-state index in [0.29, 0.717) is 6.04 Å². The van der Waals surface area contributed by atoms with Crippen LogP contribution >= 0.6 is 0 Å². The normalized spacial score (nSPS) is 25.9. The molecular formula is C12H20N2O2. The summed E-state index contributed by atoms with van der Waals surface area (Å²) in [6.45, 7) is 4.69. The van der Waals surface area contributed by atoms with Gasteiger partial charge in [-0.1, -0.05) is 5.16 Å². The molecule has 0 spiro atoms. The predicted octanol–water partition coefficient (Wildman–Crippen LogP) is 1.68. The van der Waals surface area contributed by atoms with Gasteiger partial charge < -0.3 is 14.9 Å². The van der Waals surface area contributed by atoms with E-state index in [9.17, 15) is 5.11 Å². The molecule has 0 bridgehead atoms. The maximum absolute atomic E-state index is 9.58. The van der Waals surface area contributed by atoms with Crippen molar-refractivity contribution in [2.45, 2.75) is 58.2 Å². The number of aryl methyl sites for hydroxylation is 2. The second kappa shape index (κ2) is 4.97. The molecule has 0 amide bonds. The molecule has 2 unspecified atom stereocenters. The SMILES string of the molecule is Cc1noc(C)c1CNC1CCCC(O)C1. The highest BCUT2D eigenvalue weighted by Gasteiger charge is 2.20. The zero-order chi connectivity index (χ0) is 11.5. The standard InChI is InChI=1S/C12H20N2O2/c1-8-12(9(2)16-14-8)7-13-10-4-3-5-11(15)6-10/h10-11,13,15H,3-7H2,1-2H3. The maximum Gasteiger partial charge on any atom is 0.138 e. The third-order valence-corrected chi connectivity index (χ3v) is 3.40. The second-order valence-electron chi connectivity index (χ2n) is 4.70. The highest BCUT2D eigenvalue weighted by molar-refractivity contribution is 5.20. The van der Waals surface area contributed by atoms with Gasteiger partial charge in [-0.05, 0) is 39.5 Å². The molecule has 1 aliphatic rings. The van der Waals surface area contributed by atoms with Gasteiger partial charge in [-0.25, -0.2) is 0 Å². The van der Waals surface area contributed by atoms with Crippen molar-refractivity contribution in [3.63, 3.8) is 0 Å². The summed E-state index contributed by atoms with van der Waals surface area (Å²) in [7, 11) is 0. The third-order valence-electron chi connectivity index (χ3n) is 3.40. The molecule has 0 saturated heterocycles. The van der Waals surface area contributed by atoms with Crippen LogP contribution in [-0.2, 0) is 6.54 Å². The fourth-order valence-corrected chi connectivity index (χ4v) is 2.35. The molecule has 90 valence electrons. The highest BCUT2D eigenvalue weighted by atomic mass is 16.5. The number of hydrogen-bond acceptors (Lipinski definition) is 4. The molecule has 0 radical (unpaired) electrons. The molecule has 4 nitrogen and oxygen atoms in total. The number of aliphatic hydroxyl groups is 1. The number of nitrogens with one attached hydrogen (secondary N) is 1. The van der Waals surface area contributed by atoms with Gasteiger partial charge in [0.2, 0.25) is 0 Å². The van der Waals surface area contributed by atoms with Gasteiger partial charge >= 0.3 is 0 Å². The lowest BCUT2D eigenvalue weighted by molar-refractivity contribution is 0.111. The lowest BCUT2D eigenvalue weighted by Crippen LogP contribution is -2.35. The van der Waals surface area contributed by atoms with Crippen molar-refractivity contribution >= 4 is 0 Å². The first kappa shape index (κ1) is 11.6. The van der Waals surface area contributed by atoms with Crippen LogP contribution in [0, 0.1) is 13.8 Å². The number of rotatable bonds is 3. The number of aliphatic hydroxyl groups excluding tert-OH is 1. The van der Waals surface area contributed by atoms with E-state index in [0.717, 1.165) is 49.2 Å². The molecule has 0 aromatic carbocycles. The summed E-state index contributed by atoms with van der Waals surface area (Å²) in [5.41, 5.74) is 2.11. The van der Waals surface area contributed by atoms with Gasteiger partial charge in [0.25, 0.3) is 0 Å². The van der Waals surface area contributed by atoms with E-state index in [-0.39, 0.29) is 6.10 Å². The molecule has 1 aromatic heterocycles. The Morgan fingerprint density at radius 3 is 2.88 bits per heavy atom. The Balaban J connectivity index is 1.87. The summed E-state index contributed by atoms with van der Waals surface area (Å²) in [4.78, 5) is 0. The Morgan fingerprint density at radius 1 is 1.44 bits per heavy atom. The van der Waals surface area contributed by atoms with Crippen molar-refractivity contribution < 1.29 is 9.63 Å². The van der Waals surface area contributed by atoms with E-state index >= 15 is 0 Å². The highest BCUT2D eigenvalue weighted by Crippen LogP contribution is 2.19. The van der Waals surface area contributed by atoms with E-state index < -0.39 is 0 Å². The molecule has 4 heteroatoms. The van der Waals surface area contributed by atoms with Crippen molar-refractivity contribution in [2.75, 3.05) is 0 Å². The van der Waals surface area contributed by atoms with E-state index in [2.05, 4.69) is 10.5 Å². The minimum Gasteiger partial charge on any atom is -0.393 e. The van der Waals surface area contributed by atoms with Gasteiger partial charge in [-0.3, -0.25) is 0 Å². The van der Waals surface area contributed by atoms with Crippen molar-refractivity contribution in [1.29, 1.82) is 0 Å². The quantitative estimate of drug-likeness (QED) is 0.820. The molecule has 2 atom stereocenters. The van der Waals surface area contributed by atoms with E-state index in [1.54, 1.807) is 0 Å². The molecule has 1 heterocycles. The first-order chi connectivity index (χ1) is 7.66. The second-order valence-corrected chi connectivity index (χ2v) is 4.70. The molecule has 2 rings (SSSR count). The lowest BCUT2D eigenvalue weighted by Gasteiger charge is -2.26. The Kier molecular flexibility index (Phi) is 3.61. The molecular weight excluding hydrogens is 204 g/mol. The summed E-state index contributed by atoms with van der Waals surface area (Å²) in [6, 6.07) is 0.428. The average Bonchev–Trinajstić information content (AvgIpc) is 2.56. The van der Waals surface area contributed by atoms with Crippen LogP contribution in [0.25, 0.3) is 0 Å². The van der Waals surface area contributed by atoms with Gasteiger partial charge in [0.1, 0.15) is 5.76 Å². The third kappa shape index (κ3) is 2.62. The molecule has 0 aliphatic heterocycles. The summed E-state index contributed by atoms with van der Waals surface area (Å²) < 4.78 is 5.12. The lowest BCUT2D eigenvalue weighted by atomic mass is 9.93. The molecule has 16 heavy (non-hydrogen) atoms. The van der Waals surface area contributed by atoms with Crippen LogP contribution in [0.15, 0.2) is 4.52 Å².